The van der Waals surface area contributed by atoms with Gasteiger partial charge in [-0.15, -0.1) is 0 Å². The predicted octanol–water partition coefficient (Wildman–Crippen LogP) is 4.59. The molecule has 1 aliphatic heterocycles. The van der Waals surface area contributed by atoms with E-state index in [9.17, 15) is 9.59 Å². The Balaban J connectivity index is 1.53. The fourth-order valence-corrected chi connectivity index (χ4v) is 4.55. The molecule has 2 heterocycles. The van der Waals surface area contributed by atoms with E-state index in [0.717, 1.165) is 18.7 Å². The molecule has 1 fully saturated rings. The summed E-state index contributed by atoms with van der Waals surface area (Å²) in [6.45, 7) is 4.51. The van der Waals surface area contributed by atoms with Crippen LogP contribution in [0, 0.1) is 0 Å². The summed E-state index contributed by atoms with van der Waals surface area (Å²) in [5.74, 6) is 0.179. The van der Waals surface area contributed by atoms with Crippen molar-refractivity contribution in [1.29, 1.82) is 0 Å². The number of hydrogen-bond acceptors (Lipinski definition) is 5. The zero-order valence-electron chi connectivity index (χ0n) is 19.9. The molecular weight excluding hydrogens is 501 g/mol. The molecule has 3 aromatic rings. The number of morpholine rings is 1. The molecule has 0 N–H and O–H groups in total. The molecule has 4 rings (SSSR count). The van der Waals surface area contributed by atoms with Gasteiger partial charge in [-0.2, -0.15) is 0 Å². The molecule has 0 bridgehead atoms. The Bertz CT molecular complexity index is 1140. The van der Waals surface area contributed by atoms with E-state index in [1.807, 2.05) is 36.4 Å². The highest BCUT2D eigenvalue weighted by atomic mass is 35.5. The van der Waals surface area contributed by atoms with Gasteiger partial charge in [0, 0.05) is 37.7 Å². The van der Waals surface area contributed by atoms with Gasteiger partial charge in [0.05, 0.1) is 36.6 Å². The average Bonchev–Trinajstić information content (AvgIpc) is 3.40. The van der Waals surface area contributed by atoms with E-state index in [1.54, 1.807) is 34.3 Å². The van der Waals surface area contributed by atoms with E-state index in [0.29, 0.717) is 55.7 Å². The van der Waals surface area contributed by atoms with Crippen LogP contribution in [0.3, 0.4) is 0 Å². The van der Waals surface area contributed by atoms with Gasteiger partial charge >= 0.3 is 0 Å². The van der Waals surface area contributed by atoms with Crippen molar-refractivity contribution in [2.75, 3.05) is 45.9 Å². The third-order valence-corrected chi connectivity index (χ3v) is 6.61. The molecule has 0 spiro atoms. The number of carbonyl (C=O) groups is 2. The van der Waals surface area contributed by atoms with Crippen LogP contribution in [-0.4, -0.2) is 72.5 Å². The molecule has 0 saturated carbocycles. The van der Waals surface area contributed by atoms with Crippen molar-refractivity contribution in [1.82, 2.24) is 14.7 Å². The number of benzene rings is 2. The minimum atomic E-state index is -0.309. The van der Waals surface area contributed by atoms with Gasteiger partial charge in [-0.05, 0) is 35.9 Å². The largest absolute Gasteiger partial charge is 0.467 e. The lowest BCUT2D eigenvalue weighted by Crippen LogP contribution is -2.47. The molecule has 2 amide bonds. The van der Waals surface area contributed by atoms with Crippen LogP contribution in [0.5, 0.6) is 0 Å². The summed E-state index contributed by atoms with van der Waals surface area (Å²) < 4.78 is 10.9. The molecule has 36 heavy (non-hydrogen) atoms. The van der Waals surface area contributed by atoms with Crippen molar-refractivity contribution < 1.29 is 18.7 Å². The molecule has 2 aromatic carbocycles. The number of furan rings is 1. The maximum Gasteiger partial charge on any atom is 0.255 e. The van der Waals surface area contributed by atoms with Crippen LogP contribution in [0.15, 0.2) is 71.3 Å². The van der Waals surface area contributed by atoms with Gasteiger partial charge in [0.1, 0.15) is 12.3 Å². The van der Waals surface area contributed by atoms with Crippen LogP contribution in [0.4, 0.5) is 0 Å². The number of amides is 2. The van der Waals surface area contributed by atoms with Gasteiger partial charge < -0.3 is 19.0 Å². The Hall–Kier alpha value is -2.84. The Morgan fingerprint density at radius 3 is 2.39 bits per heavy atom. The maximum atomic E-state index is 13.6. The van der Waals surface area contributed by atoms with Gasteiger partial charge in [0.2, 0.25) is 5.91 Å². The first kappa shape index (κ1) is 26.2. The smallest absolute Gasteiger partial charge is 0.255 e. The third-order valence-electron chi connectivity index (χ3n) is 6.06. The van der Waals surface area contributed by atoms with Crippen molar-refractivity contribution >= 4 is 35.0 Å². The van der Waals surface area contributed by atoms with Crippen LogP contribution >= 0.6 is 23.2 Å². The zero-order valence-corrected chi connectivity index (χ0v) is 21.5. The first-order valence-corrected chi connectivity index (χ1v) is 12.6. The second-order valence-electron chi connectivity index (χ2n) is 8.62. The second kappa shape index (κ2) is 12.9. The zero-order chi connectivity index (χ0) is 25.3. The molecule has 9 heteroatoms. The summed E-state index contributed by atoms with van der Waals surface area (Å²) in [6, 6.07) is 18.1. The van der Waals surface area contributed by atoms with Gasteiger partial charge in [-0.3, -0.25) is 14.5 Å². The first-order valence-electron chi connectivity index (χ1n) is 11.9. The summed E-state index contributed by atoms with van der Waals surface area (Å²) in [5.41, 5.74) is 1.31. The number of ether oxygens (including phenoxy) is 1. The summed E-state index contributed by atoms with van der Waals surface area (Å²) in [4.78, 5) is 32.6. The summed E-state index contributed by atoms with van der Waals surface area (Å²) in [7, 11) is 0. The van der Waals surface area contributed by atoms with Crippen molar-refractivity contribution in [2.24, 2.45) is 0 Å². The van der Waals surface area contributed by atoms with Crippen LogP contribution in [-0.2, 0) is 22.6 Å². The van der Waals surface area contributed by atoms with Crippen LogP contribution in [0.2, 0.25) is 10.0 Å². The molecular formula is C27H29Cl2N3O4. The van der Waals surface area contributed by atoms with E-state index in [4.69, 9.17) is 32.4 Å². The Morgan fingerprint density at radius 2 is 1.69 bits per heavy atom. The number of halogens is 2. The standard InChI is InChI=1S/C27H29Cl2N3O4/c28-22-8-9-24(25(29)17-22)27(34)31(11-10-30-12-15-35-16-13-30)20-26(33)32(19-23-7-4-14-36-23)18-21-5-2-1-3-6-21/h1-9,14,17H,10-13,15-16,18-20H2. The lowest BCUT2D eigenvalue weighted by Gasteiger charge is -2.31. The number of nitrogens with zero attached hydrogens (tertiary/aromatic N) is 3. The lowest BCUT2D eigenvalue weighted by atomic mass is 10.1. The SMILES string of the molecule is O=C(CN(CCN1CCOCC1)C(=O)c1ccc(Cl)cc1Cl)N(Cc1ccccc1)Cc1ccco1. The maximum absolute atomic E-state index is 13.6. The summed E-state index contributed by atoms with van der Waals surface area (Å²) in [6.07, 6.45) is 1.58. The third kappa shape index (κ3) is 7.34. The fraction of sp³-hybridized carbons (Fsp3) is 0.333. The topological polar surface area (TPSA) is 66.2 Å². The highest BCUT2D eigenvalue weighted by Crippen LogP contribution is 2.23. The summed E-state index contributed by atoms with van der Waals surface area (Å²) in [5, 5.41) is 0.702. The van der Waals surface area contributed by atoms with E-state index in [-0.39, 0.29) is 23.4 Å². The Labute approximate surface area is 221 Å². The second-order valence-corrected chi connectivity index (χ2v) is 9.46. The van der Waals surface area contributed by atoms with Gasteiger partial charge in [0.15, 0.2) is 0 Å². The molecule has 0 unspecified atom stereocenters. The number of carbonyl (C=O) groups excluding carboxylic acids is 2. The molecule has 0 aliphatic carbocycles. The van der Waals surface area contributed by atoms with E-state index in [1.165, 1.54) is 6.07 Å². The van der Waals surface area contributed by atoms with Crippen molar-refractivity contribution in [3.8, 4) is 0 Å². The number of hydrogen-bond donors (Lipinski definition) is 0. The molecule has 1 aromatic heterocycles. The average molecular weight is 530 g/mol. The lowest BCUT2D eigenvalue weighted by molar-refractivity contribution is -0.133. The van der Waals surface area contributed by atoms with Crippen molar-refractivity contribution in [3.05, 3.63) is 93.9 Å². The molecule has 190 valence electrons. The van der Waals surface area contributed by atoms with Crippen molar-refractivity contribution in [2.45, 2.75) is 13.1 Å². The van der Waals surface area contributed by atoms with Crippen LogP contribution in [0.1, 0.15) is 21.7 Å². The van der Waals surface area contributed by atoms with Gasteiger partial charge in [-0.25, -0.2) is 0 Å². The Kier molecular flexibility index (Phi) is 9.41. The fourth-order valence-electron chi connectivity index (χ4n) is 4.06. The Morgan fingerprint density at radius 1 is 0.917 bits per heavy atom. The monoisotopic (exact) mass is 529 g/mol. The van der Waals surface area contributed by atoms with E-state index < -0.39 is 0 Å². The highest BCUT2D eigenvalue weighted by molar-refractivity contribution is 6.36. The summed E-state index contributed by atoms with van der Waals surface area (Å²) >= 11 is 12.4. The van der Waals surface area contributed by atoms with Crippen molar-refractivity contribution in [3.63, 3.8) is 0 Å². The highest BCUT2D eigenvalue weighted by Gasteiger charge is 2.25. The van der Waals surface area contributed by atoms with Crippen LogP contribution < -0.4 is 0 Å². The quantitative estimate of drug-likeness (QED) is 0.384. The molecule has 1 saturated heterocycles. The normalized spacial score (nSPS) is 13.9. The molecule has 0 atom stereocenters. The van der Waals surface area contributed by atoms with Gasteiger partial charge in [-0.1, -0.05) is 53.5 Å². The predicted molar refractivity (Wildman–Crippen MR) is 139 cm³/mol. The minimum absolute atomic E-state index is 0.0876. The van der Waals surface area contributed by atoms with E-state index >= 15 is 0 Å². The number of rotatable bonds is 10. The minimum Gasteiger partial charge on any atom is -0.467 e. The molecule has 1 aliphatic rings. The molecule has 7 nitrogen and oxygen atoms in total. The molecule has 0 radical (unpaired) electrons. The van der Waals surface area contributed by atoms with Crippen LogP contribution in [0.25, 0.3) is 0 Å². The van der Waals surface area contributed by atoms with Gasteiger partial charge in [0.25, 0.3) is 5.91 Å². The first-order chi connectivity index (χ1) is 17.5. The van der Waals surface area contributed by atoms with E-state index in [2.05, 4.69) is 4.90 Å².